The first-order valence-corrected chi connectivity index (χ1v) is 10.6. The maximum absolute atomic E-state index is 6.17. The van der Waals surface area contributed by atoms with E-state index in [1.165, 1.54) is 0 Å². The van der Waals surface area contributed by atoms with Crippen molar-refractivity contribution in [2.75, 3.05) is 17.7 Å². The van der Waals surface area contributed by atoms with Gasteiger partial charge in [0.2, 0.25) is 5.88 Å². The number of pyridine rings is 2. The summed E-state index contributed by atoms with van der Waals surface area (Å²) in [5.74, 6) is 2.58. The number of nitrogens with zero attached hydrogens (tertiary/aromatic N) is 4. The second-order valence-corrected chi connectivity index (χ2v) is 7.53. The Morgan fingerprint density at radius 2 is 1.64 bits per heavy atom. The van der Waals surface area contributed by atoms with E-state index < -0.39 is 0 Å². The van der Waals surface area contributed by atoms with Crippen LogP contribution >= 0.6 is 11.6 Å². The van der Waals surface area contributed by atoms with Gasteiger partial charge in [-0.2, -0.15) is 0 Å². The van der Waals surface area contributed by atoms with Gasteiger partial charge in [0, 0.05) is 41.5 Å². The van der Waals surface area contributed by atoms with E-state index in [0.717, 1.165) is 33.4 Å². The Kier molecular flexibility index (Phi) is 5.70. The third kappa shape index (κ3) is 4.40. The molecule has 8 heteroatoms. The Morgan fingerprint density at radius 3 is 2.45 bits per heavy atom. The molecule has 33 heavy (non-hydrogen) atoms. The zero-order valence-electron chi connectivity index (χ0n) is 17.7. The molecule has 3 heterocycles. The molecule has 0 saturated carbocycles. The molecule has 0 aliphatic rings. The molecule has 0 aliphatic carbocycles. The highest BCUT2D eigenvalue weighted by Crippen LogP contribution is 2.33. The van der Waals surface area contributed by atoms with Crippen molar-refractivity contribution in [3.8, 4) is 22.8 Å². The van der Waals surface area contributed by atoms with Gasteiger partial charge < -0.3 is 15.4 Å². The summed E-state index contributed by atoms with van der Waals surface area (Å²) in [6, 6.07) is 23.0. The van der Waals surface area contributed by atoms with E-state index in [0.29, 0.717) is 22.6 Å². The first-order chi connectivity index (χ1) is 16.2. The second kappa shape index (κ2) is 9.10. The highest BCUT2D eigenvalue weighted by atomic mass is 35.5. The first-order valence-electron chi connectivity index (χ1n) is 10.3. The highest BCUT2D eigenvalue weighted by molar-refractivity contribution is 6.34. The van der Waals surface area contributed by atoms with Crippen molar-refractivity contribution in [1.29, 1.82) is 0 Å². The summed E-state index contributed by atoms with van der Waals surface area (Å²) in [7, 11) is 1.83. The Bertz CT molecular complexity index is 1420. The number of anilines is 3. The van der Waals surface area contributed by atoms with Gasteiger partial charge in [-0.15, -0.1) is 10.2 Å². The molecule has 0 atom stereocenters. The van der Waals surface area contributed by atoms with Crippen molar-refractivity contribution in [1.82, 2.24) is 20.2 Å². The molecule has 0 amide bonds. The summed E-state index contributed by atoms with van der Waals surface area (Å²) in [4.78, 5) is 8.70. The number of nitrogens with one attached hydrogen (secondary N) is 2. The number of halogens is 1. The van der Waals surface area contributed by atoms with Crippen molar-refractivity contribution in [2.45, 2.75) is 0 Å². The fourth-order valence-corrected chi connectivity index (χ4v) is 3.65. The highest BCUT2D eigenvalue weighted by Gasteiger charge is 2.11. The van der Waals surface area contributed by atoms with Crippen LogP contribution in [0.25, 0.3) is 21.9 Å². The molecule has 5 aromatic rings. The van der Waals surface area contributed by atoms with Crippen molar-refractivity contribution in [2.24, 2.45) is 0 Å². The van der Waals surface area contributed by atoms with E-state index in [9.17, 15) is 0 Å². The first kappa shape index (κ1) is 20.7. The zero-order chi connectivity index (χ0) is 22.6. The molecule has 162 valence electrons. The third-order valence-electron chi connectivity index (χ3n) is 5.07. The number of rotatable bonds is 6. The molecule has 7 nitrogen and oxygen atoms in total. The van der Waals surface area contributed by atoms with Crippen LogP contribution in [0.5, 0.6) is 11.6 Å². The quantitative estimate of drug-likeness (QED) is 0.310. The Morgan fingerprint density at radius 1 is 0.818 bits per heavy atom. The molecular weight excluding hydrogens is 436 g/mol. The van der Waals surface area contributed by atoms with Crippen LogP contribution in [0.3, 0.4) is 0 Å². The smallest absolute Gasteiger partial charge is 0.227 e. The molecule has 2 N–H and O–H groups in total. The largest absolute Gasteiger partial charge is 0.438 e. The summed E-state index contributed by atoms with van der Waals surface area (Å²) in [6.45, 7) is 0. The van der Waals surface area contributed by atoms with Gasteiger partial charge >= 0.3 is 0 Å². The summed E-state index contributed by atoms with van der Waals surface area (Å²) >= 11 is 6.17. The van der Waals surface area contributed by atoms with Crippen molar-refractivity contribution >= 4 is 39.7 Å². The lowest BCUT2D eigenvalue weighted by Gasteiger charge is -2.12. The van der Waals surface area contributed by atoms with Crippen LogP contribution in [0.15, 0.2) is 85.2 Å². The van der Waals surface area contributed by atoms with Gasteiger partial charge in [-0.25, -0.2) is 9.97 Å². The standard InChI is InChI=1S/C25H19ClN6O/c1-27-22-15-16(12-14-28-22)19-7-4-13-29-25(19)33-18-10-8-17(9-11-18)30-24-21-6-3-2-5-20(21)23(26)31-32-24/h2-15H,1H3,(H,27,28)(H,30,32). The molecule has 0 bridgehead atoms. The number of fused-ring (bicyclic) bond motifs is 1. The number of hydrogen-bond acceptors (Lipinski definition) is 7. The van der Waals surface area contributed by atoms with Gasteiger partial charge in [0.25, 0.3) is 0 Å². The van der Waals surface area contributed by atoms with E-state index in [2.05, 4.69) is 30.8 Å². The van der Waals surface area contributed by atoms with Gasteiger partial charge in [0.15, 0.2) is 11.0 Å². The van der Waals surface area contributed by atoms with E-state index in [1.807, 2.05) is 79.8 Å². The average Bonchev–Trinajstić information content (AvgIpc) is 2.87. The summed E-state index contributed by atoms with van der Waals surface area (Å²) in [5, 5.41) is 16.7. The van der Waals surface area contributed by atoms with Crippen LogP contribution in [-0.2, 0) is 0 Å². The van der Waals surface area contributed by atoms with Gasteiger partial charge in [0.05, 0.1) is 0 Å². The Balaban J connectivity index is 1.38. The average molecular weight is 455 g/mol. The molecule has 0 radical (unpaired) electrons. The van der Waals surface area contributed by atoms with Crippen LogP contribution in [0.1, 0.15) is 0 Å². The van der Waals surface area contributed by atoms with Crippen LogP contribution in [0.2, 0.25) is 5.15 Å². The van der Waals surface area contributed by atoms with Crippen molar-refractivity contribution < 1.29 is 4.74 Å². The van der Waals surface area contributed by atoms with Gasteiger partial charge in [-0.3, -0.25) is 0 Å². The van der Waals surface area contributed by atoms with Crippen molar-refractivity contribution in [3.63, 3.8) is 0 Å². The van der Waals surface area contributed by atoms with Gasteiger partial charge in [-0.1, -0.05) is 35.9 Å². The van der Waals surface area contributed by atoms with E-state index in [4.69, 9.17) is 16.3 Å². The predicted molar refractivity (Wildman–Crippen MR) is 131 cm³/mol. The van der Waals surface area contributed by atoms with Crippen molar-refractivity contribution in [3.05, 3.63) is 90.3 Å². The molecule has 0 aliphatic heterocycles. The topological polar surface area (TPSA) is 84.9 Å². The molecule has 0 spiro atoms. The summed E-state index contributed by atoms with van der Waals surface area (Å²) in [6.07, 6.45) is 3.46. The third-order valence-corrected chi connectivity index (χ3v) is 5.35. The molecule has 0 fully saturated rings. The number of aromatic nitrogens is 4. The summed E-state index contributed by atoms with van der Waals surface area (Å²) in [5.41, 5.74) is 2.68. The minimum atomic E-state index is 0.377. The summed E-state index contributed by atoms with van der Waals surface area (Å²) < 4.78 is 6.10. The molecule has 0 unspecified atom stereocenters. The Labute approximate surface area is 195 Å². The maximum atomic E-state index is 6.17. The van der Waals surface area contributed by atoms with Crippen LogP contribution < -0.4 is 15.4 Å². The molecule has 3 aromatic heterocycles. The number of hydrogen-bond donors (Lipinski definition) is 2. The fraction of sp³-hybridized carbons (Fsp3) is 0.0400. The molecule has 2 aromatic carbocycles. The van der Waals surface area contributed by atoms with Crippen LogP contribution in [0.4, 0.5) is 17.3 Å². The number of benzene rings is 2. The zero-order valence-corrected chi connectivity index (χ0v) is 18.4. The number of ether oxygens (including phenoxy) is 1. The second-order valence-electron chi connectivity index (χ2n) is 7.17. The molecule has 5 rings (SSSR count). The monoisotopic (exact) mass is 454 g/mol. The van der Waals surface area contributed by atoms with Crippen LogP contribution in [-0.4, -0.2) is 27.2 Å². The predicted octanol–water partition coefficient (Wildman–Crippen LogP) is 6.32. The molecule has 0 saturated heterocycles. The lowest BCUT2D eigenvalue weighted by molar-refractivity contribution is 0.465. The maximum Gasteiger partial charge on any atom is 0.227 e. The van der Waals surface area contributed by atoms with E-state index in [-0.39, 0.29) is 0 Å². The lowest BCUT2D eigenvalue weighted by atomic mass is 10.1. The van der Waals surface area contributed by atoms with Gasteiger partial charge in [0.1, 0.15) is 11.6 Å². The van der Waals surface area contributed by atoms with Crippen LogP contribution in [0, 0.1) is 0 Å². The van der Waals surface area contributed by atoms with E-state index in [1.54, 1.807) is 12.4 Å². The minimum Gasteiger partial charge on any atom is -0.438 e. The fourth-order valence-electron chi connectivity index (χ4n) is 3.44. The van der Waals surface area contributed by atoms with E-state index >= 15 is 0 Å². The lowest BCUT2D eigenvalue weighted by Crippen LogP contribution is -1.98. The molecular formula is C25H19ClN6O. The normalized spacial score (nSPS) is 10.7. The SMILES string of the molecule is CNc1cc(-c2cccnc2Oc2ccc(Nc3nnc(Cl)c4ccccc34)cc2)ccn1. The Hall–Kier alpha value is -4.23. The minimum absolute atomic E-state index is 0.377. The van der Waals surface area contributed by atoms with Gasteiger partial charge in [-0.05, 0) is 54.1 Å².